The molecular weight excluding hydrogens is 325 g/mol. The fourth-order valence-corrected chi connectivity index (χ4v) is 3.30. The van der Waals surface area contributed by atoms with Crippen LogP contribution in [0, 0.1) is 5.82 Å². The van der Waals surface area contributed by atoms with Gasteiger partial charge in [-0.3, -0.25) is 9.59 Å². The summed E-state index contributed by atoms with van der Waals surface area (Å²) < 4.78 is 18.0. The number of amides is 1. The van der Waals surface area contributed by atoms with E-state index in [0.717, 1.165) is 11.1 Å². The van der Waals surface area contributed by atoms with Gasteiger partial charge >= 0.3 is 5.97 Å². The molecule has 0 aromatic heterocycles. The van der Waals surface area contributed by atoms with Gasteiger partial charge in [0.2, 0.25) is 5.91 Å². The summed E-state index contributed by atoms with van der Waals surface area (Å²) in [7, 11) is 1.30. The minimum atomic E-state index is -0.785. The predicted molar refractivity (Wildman–Crippen MR) is 88.2 cm³/mol. The Morgan fingerprint density at radius 1 is 1.16 bits per heavy atom. The molecule has 130 valence electrons. The minimum absolute atomic E-state index is 0.0727. The number of methoxy groups -OCH3 is 1. The Hall–Kier alpha value is -2.89. The SMILES string of the molecule is COC(=O)CCN1C(=O)CC1(c1ccc(O)cc1)c1ccc(F)cc1. The molecule has 1 saturated heterocycles. The van der Waals surface area contributed by atoms with E-state index in [0.29, 0.717) is 0 Å². The van der Waals surface area contributed by atoms with E-state index < -0.39 is 11.5 Å². The van der Waals surface area contributed by atoms with Gasteiger partial charge in [-0.05, 0) is 35.4 Å². The van der Waals surface area contributed by atoms with Crippen LogP contribution >= 0.6 is 0 Å². The van der Waals surface area contributed by atoms with Crippen molar-refractivity contribution < 1.29 is 23.8 Å². The third kappa shape index (κ3) is 2.95. The van der Waals surface area contributed by atoms with Crippen molar-refractivity contribution >= 4 is 11.9 Å². The Morgan fingerprint density at radius 2 is 1.72 bits per heavy atom. The summed E-state index contributed by atoms with van der Waals surface area (Å²) >= 11 is 0. The van der Waals surface area contributed by atoms with E-state index >= 15 is 0 Å². The molecule has 6 heteroatoms. The van der Waals surface area contributed by atoms with Crippen molar-refractivity contribution in [3.05, 3.63) is 65.5 Å². The quantitative estimate of drug-likeness (QED) is 0.669. The summed E-state index contributed by atoms with van der Waals surface area (Å²) in [5.41, 5.74) is 0.761. The molecule has 25 heavy (non-hydrogen) atoms. The Morgan fingerprint density at radius 3 is 2.24 bits per heavy atom. The Labute approximate surface area is 144 Å². The summed E-state index contributed by atoms with van der Waals surface area (Å²) in [6.07, 6.45) is 0.286. The number of nitrogens with zero attached hydrogens (tertiary/aromatic N) is 1. The van der Waals surface area contributed by atoms with E-state index in [9.17, 15) is 19.1 Å². The number of β-lactam (4-membered cyclic amide) rings is 1. The summed E-state index contributed by atoms with van der Waals surface area (Å²) in [5, 5.41) is 9.55. The Kier molecular flexibility index (Phi) is 4.44. The number of hydrogen-bond acceptors (Lipinski definition) is 4. The van der Waals surface area contributed by atoms with Crippen LogP contribution in [0.5, 0.6) is 5.75 Å². The van der Waals surface area contributed by atoms with Crippen LogP contribution in [0.4, 0.5) is 4.39 Å². The molecule has 1 atom stereocenters. The highest BCUT2D eigenvalue weighted by Gasteiger charge is 2.53. The largest absolute Gasteiger partial charge is 0.508 e. The first kappa shape index (κ1) is 17.0. The summed E-state index contributed by atoms with van der Waals surface area (Å²) in [5.74, 6) is -0.749. The number of phenols is 1. The maximum atomic E-state index is 13.4. The van der Waals surface area contributed by atoms with Gasteiger partial charge < -0.3 is 14.7 Å². The molecule has 2 aromatic rings. The average molecular weight is 343 g/mol. The van der Waals surface area contributed by atoms with Crippen LogP contribution in [0.15, 0.2) is 48.5 Å². The number of hydrogen-bond donors (Lipinski definition) is 1. The molecule has 1 aliphatic rings. The van der Waals surface area contributed by atoms with E-state index in [1.54, 1.807) is 41.3 Å². The van der Waals surface area contributed by atoms with Gasteiger partial charge in [-0.15, -0.1) is 0 Å². The van der Waals surface area contributed by atoms with Crippen LogP contribution in [0.25, 0.3) is 0 Å². The molecule has 1 amide bonds. The fourth-order valence-electron chi connectivity index (χ4n) is 3.30. The number of esters is 1. The molecule has 0 radical (unpaired) electrons. The molecule has 1 fully saturated rings. The highest BCUT2D eigenvalue weighted by molar-refractivity contribution is 5.88. The van der Waals surface area contributed by atoms with Gasteiger partial charge in [0.25, 0.3) is 0 Å². The monoisotopic (exact) mass is 343 g/mol. The van der Waals surface area contributed by atoms with Crippen molar-refractivity contribution in [1.29, 1.82) is 0 Å². The summed E-state index contributed by atoms with van der Waals surface area (Å²) in [6, 6.07) is 12.5. The number of benzene rings is 2. The second kappa shape index (κ2) is 6.55. The molecule has 3 rings (SSSR count). The van der Waals surface area contributed by atoms with E-state index in [2.05, 4.69) is 4.74 Å². The van der Waals surface area contributed by atoms with Crippen LogP contribution in [-0.4, -0.2) is 35.5 Å². The second-order valence-electron chi connectivity index (χ2n) is 5.96. The normalized spacial score (nSPS) is 19.4. The highest BCUT2D eigenvalue weighted by atomic mass is 19.1. The van der Waals surface area contributed by atoms with Crippen LogP contribution in [0.1, 0.15) is 24.0 Å². The first-order valence-electron chi connectivity index (χ1n) is 7.90. The first-order valence-corrected chi connectivity index (χ1v) is 7.90. The molecular formula is C19H18FNO4. The number of ether oxygens (including phenoxy) is 1. The molecule has 1 heterocycles. The van der Waals surface area contributed by atoms with Crippen molar-refractivity contribution in [1.82, 2.24) is 4.90 Å². The van der Waals surface area contributed by atoms with Crippen LogP contribution < -0.4 is 0 Å². The van der Waals surface area contributed by atoms with E-state index in [-0.39, 0.29) is 36.9 Å². The molecule has 1 N–H and O–H groups in total. The molecule has 2 aromatic carbocycles. The predicted octanol–water partition coefficient (Wildman–Crippen LogP) is 2.57. The molecule has 1 aliphatic heterocycles. The molecule has 0 spiro atoms. The van der Waals surface area contributed by atoms with Gasteiger partial charge in [0.05, 0.1) is 20.0 Å². The third-order valence-corrected chi connectivity index (χ3v) is 4.60. The van der Waals surface area contributed by atoms with Gasteiger partial charge in [0.15, 0.2) is 0 Å². The standard InChI is InChI=1S/C19H18FNO4/c1-25-18(24)10-11-21-17(23)12-19(21,13-2-6-15(20)7-3-13)14-4-8-16(22)9-5-14/h2-9,22H,10-12H2,1H3. The van der Waals surface area contributed by atoms with Crippen molar-refractivity contribution in [2.75, 3.05) is 13.7 Å². The summed E-state index contributed by atoms with van der Waals surface area (Å²) in [4.78, 5) is 25.4. The van der Waals surface area contributed by atoms with Crippen molar-refractivity contribution in [2.24, 2.45) is 0 Å². The maximum Gasteiger partial charge on any atom is 0.307 e. The Balaban J connectivity index is 2.03. The molecule has 1 unspecified atom stereocenters. The van der Waals surface area contributed by atoms with Crippen molar-refractivity contribution in [3.8, 4) is 5.75 Å². The fraction of sp³-hybridized carbons (Fsp3) is 0.263. The van der Waals surface area contributed by atoms with E-state index in [4.69, 9.17) is 0 Å². The number of phenolic OH excluding ortho intramolecular Hbond substituents is 1. The number of carbonyl (C=O) groups is 2. The highest BCUT2D eigenvalue weighted by Crippen LogP contribution is 2.47. The van der Waals surface area contributed by atoms with Crippen LogP contribution in [0.2, 0.25) is 0 Å². The minimum Gasteiger partial charge on any atom is -0.508 e. The molecule has 0 saturated carbocycles. The summed E-state index contributed by atoms with van der Waals surface area (Å²) in [6.45, 7) is 0.198. The Bertz CT molecular complexity index is 741. The number of halogens is 1. The van der Waals surface area contributed by atoms with Crippen molar-refractivity contribution in [2.45, 2.75) is 18.4 Å². The topological polar surface area (TPSA) is 66.8 Å². The zero-order chi connectivity index (χ0) is 18.0. The average Bonchev–Trinajstić information content (AvgIpc) is 2.61. The van der Waals surface area contributed by atoms with Gasteiger partial charge in [-0.1, -0.05) is 24.3 Å². The molecule has 5 nitrogen and oxygen atoms in total. The lowest BCUT2D eigenvalue weighted by atomic mass is 9.72. The molecule has 0 bridgehead atoms. The lowest BCUT2D eigenvalue weighted by molar-refractivity contribution is -0.155. The van der Waals surface area contributed by atoms with Crippen molar-refractivity contribution in [3.63, 3.8) is 0 Å². The number of likely N-dealkylation sites (tertiary alicyclic amines) is 1. The lowest BCUT2D eigenvalue weighted by Crippen LogP contribution is -2.62. The van der Waals surface area contributed by atoms with Crippen LogP contribution in [0.3, 0.4) is 0 Å². The zero-order valence-corrected chi connectivity index (χ0v) is 13.7. The first-order chi connectivity index (χ1) is 12.0. The number of aromatic hydroxyl groups is 1. The lowest BCUT2D eigenvalue weighted by Gasteiger charge is -2.53. The second-order valence-corrected chi connectivity index (χ2v) is 5.96. The maximum absolute atomic E-state index is 13.4. The number of rotatable bonds is 5. The smallest absolute Gasteiger partial charge is 0.307 e. The van der Waals surface area contributed by atoms with Gasteiger partial charge in [0.1, 0.15) is 17.1 Å². The number of carbonyl (C=O) groups excluding carboxylic acids is 2. The van der Waals surface area contributed by atoms with E-state index in [1.165, 1.54) is 19.2 Å². The van der Waals surface area contributed by atoms with Gasteiger partial charge in [-0.2, -0.15) is 0 Å². The van der Waals surface area contributed by atoms with E-state index in [1.807, 2.05) is 0 Å². The third-order valence-electron chi connectivity index (χ3n) is 4.60. The van der Waals surface area contributed by atoms with Crippen LogP contribution in [-0.2, 0) is 19.9 Å². The van der Waals surface area contributed by atoms with Gasteiger partial charge in [-0.25, -0.2) is 4.39 Å². The zero-order valence-electron chi connectivity index (χ0n) is 13.7. The molecule has 0 aliphatic carbocycles. The van der Waals surface area contributed by atoms with Gasteiger partial charge in [0, 0.05) is 6.54 Å².